The standard InChI is InChI=1S/C21H26F6N2O3/c1-14(10-20(22,23)24)17(30)29-9-8-19(31,18(12-29)6-2-3-7-18)13-32-16-5-4-15(11-28-16)21(25,26)27/h4-5,11,14,31H,2-3,6-10,12-13H2,1H3/t14-,19?/m1/s1. The fraction of sp³-hybridized carbons (Fsp3) is 0.714. The highest BCUT2D eigenvalue weighted by molar-refractivity contribution is 5.78. The van der Waals surface area contributed by atoms with Crippen LogP contribution in [0.2, 0.25) is 0 Å². The summed E-state index contributed by atoms with van der Waals surface area (Å²) in [4.78, 5) is 17.7. The first kappa shape index (κ1) is 24.6. The van der Waals surface area contributed by atoms with Crippen molar-refractivity contribution < 1.29 is 41.0 Å². The highest BCUT2D eigenvalue weighted by Gasteiger charge is 2.56. The van der Waals surface area contributed by atoms with Crippen molar-refractivity contribution in [3.63, 3.8) is 0 Å². The van der Waals surface area contributed by atoms with Crippen LogP contribution >= 0.6 is 0 Å². The number of hydrogen-bond donors (Lipinski definition) is 1. The first-order valence-corrected chi connectivity index (χ1v) is 10.5. The second kappa shape index (κ2) is 8.72. The molecule has 1 aliphatic carbocycles. The molecule has 0 bridgehead atoms. The zero-order chi connectivity index (χ0) is 23.8. The van der Waals surface area contributed by atoms with E-state index in [9.17, 15) is 36.2 Å². The molecule has 1 N–H and O–H groups in total. The van der Waals surface area contributed by atoms with Crippen LogP contribution in [0.1, 0.15) is 51.0 Å². The molecule has 2 heterocycles. The molecule has 1 saturated carbocycles. The third kappa shape index (κ3) is 5.29. The summed E-state index contributed by atoms with van der Waals surface area (Å²) in [6, 6.07) is 1.91. The molecule has 1 aromatic rings. The molecule has 32 heavy (non-hydrogen) atoms. The molecule has 11 heteroatoms. The van der Waals surface area contributed by atoms with E-state index in [1.54, 1.807) is 0 Å². The first-order valence-electron chi connectivity index (χ1n) is 10.5. The maximum atomic E-state index is 12.7. The first-order chi connectivity index (χ1) is 14.7. The van der Waals surface area contributed by atoms with E-state index in [-0.39, 0.29) is 32.0 Å². The number of carbonyl (C=O) groups is 1. The van der Waals surface area contributed by atoms with Crippen molar-refractivity contribution in [2.24, 2.45) is 11.3 Å². The number of rotatable bonds is 5. The number of aromatic nitrogens is 1. The Balaban J connectivity index is 1.70. The highest BCUT2D eigenvalue weighted by Crippen LogP contribution is 2.51. The lowest BCUT2D eigenvalue weighted by atomic mass is 9.66. The molecule has 180 valence electrons. The highest BCUT2D eigenvalue weighted by atomic mass is 19.4. The number of aliphatic hydroxyl groups is 1. The molecule has 1 amide bonds. The molecule has 0 radical (unpaired) electrons. The number of halogens is 6. The van der Waals surface area contributed by atoms with Crippen LogP contribution < -0.4 is 4.74 Å². The molecule has 1 saturated heterocycles. The van der Waals surface area contributed by atoms with Crippen molar-refractivity contribution in [2.75, 3.05) is 19.7 Å². The van der Waals surface area contributed by atoms with Crippen molar-refractivity contribution >= 4 is 5.91 Å². The average molecular weight is 468 g/mol. The molecule has 1 spiro atoms. The van der Waals surface area contributed by atoms with Gasteiger partial charge in [-0.1, -0.05) is 19.8 Å². The van der Waals surface area contributed by atoms with Gasteiger partial charge in [0, 0.05) is 36.7 Å². The van der Waals surface area contributed by atoms with Crippen LogP contribution in [0.5, 0.6) is 5.88 Å². The Morgan fingerprint density at radius 2 is 1.84 bits per heavy atom. The smallest absolute Gasteiger partial charge is 0.417 e. The van der Waals surface area contributed by atoms with Crippen LogP contribution in [-0.4, -0.2) is 52.4 Å². The number of alkyl halides is 6. The quantitative estimate of drug-likeness (QED) is 0.643. The zero-order valence-corrected chi connectivity index (χ0v) is 17.6. The number of nitrogens with zero attached hydrogens (tertiary/aromatic N) is 2. The summed E-state index contributed by atoms with van der Waals surface area (Å²) in [6.45, 7) is 1.21. The molecule has 1 aromatic heterocycles. The van der Waals surface area contributed by atoms with Gasteiger partial charge in [-0.15, -0.1) is 0 Å². The predicted octanol–water partition coefficient (Wildman–Crippen LogP) is 4.59. The van der Waals surface area contributed by atoms with Crippen LogP contribution in [0.25, 0.3) is 0 Å². The molecule has 1 aliphatic heterocycles. The third-order valence-corrected chi connectivity index (χ3v) is 6.63. The summed E-state index contributed by atoms with van der Waals surface area (Å²) < 4.78 is 81.7. The molecule has 1 unspecified atom stereocenters. The number of likely N-dealkylation sites (tertiary alicyclic amines) is 1. The fourth-order valence-electron chi connectivity index (χ4n) is 4.84. The number of piperidine rings is 1. The van der Waals surface area contributed by atoms with Gasteiger partial charge in [0.1, 0.15) is 12.2 Å². The lowest BCUT2D eigenvalue weighted by molar-refractivity contribution is -0.175. The maximum Gasteiger partial charge on any atom is 0.417 e. The monoisotopic (exact) mass is 468 g/mol. The minimum absolute atomic E-state index is 0.0723. The lowest BCUT2D eigenvalue weighted by Gasteiger charge is -2.52. The summed E-state index contributed by atoms with van der Waals surface area (Å²) in [5.41, 5.74) is -3.04. The predicted molar refractivity (Wildman–Crippen MR) is 102 cm³/mol. The maximum absolute atomic E-state index is 12.7. The number of amides is 1. The zero-order valence-electron chi connectivity index (χ0n) is 17.6. The van der Waals surface area contributed by atoms with Gasteiger partial charge in [0.25, 0.3) is 0 Å². The van der Waals surface area contributed by atoms with E-state index in [0.717, 1.165) is 25.0 Å². The molecule has 0 aromatic carbocycles. The topological polar surface area (TPSA) is 62.7 Å². The van der Waals surface area contributed by atoms with Crippen LogP contribution in [0.15, 0.2) is 18.3 Å². The Labute approximate surface area is 181 Å². The van der Waals surface area contributed by atoms with Gasteiger partial charge >= 0.3 is 12.4 Å². The fourth-order valence-corrected chi connectivity index (χ4v) is 4.84. The van der Waals surface area contributed by atoms with E-state index in [1.165, 1.54) is 11.8 Å². The molecule has 2 fully saturated rings. The minimum atomic E-state index is -4.53. The summed E-state index contributed by atoms with van der Waals surface area (Å²) in [5, 5.41) is 11.4. The normalized spacial score (nSPS) is 24.6. The van der Waals surface area contributed by atoms with Crippen molar-refractivity contribution in [3.8, 4) is 5.88 Å². The van der Waals surface area contributed by atoms with Gasteiger partial charge in [-0.2, -0.15) is 26.3 Å². The molecule has 2 atom stereocenters. The van der Waals surface area contributed by atoms with Gasteiger partial charge in [-0.25, -0.2) is 4.98 Å². The summed E-state index contributed by atoms with van der Waals surface area (Å²) in [5.74, 6) is -1.88. The second-order valence-electron chi connectivity index (χ2n) is 8.92. The largest absolute Gasteiger partial charge is 0.475 e. The van der Waals surface area contributed by atoms with E-state index in [2.05, 4.69) is 4.98 Å². The number of carbonyl (C=O) groups excluding carboxylic acids is 1. The van der Waals surface area contributed by atoms with Gasteiger partial charge in [0.15, 0.2) is 0 Å². The number of ether oxygens (including phenoxy) is 1. The Kier molecular flexibility index (Phi) is 6.70. The number of pyridine rings is 1. The SMILES string of the molecule is C[C@H](CC(F)(F)F)C(=O)N1CCC(O)(COc2ccc(C(F)(F)F)cn2)C2(CCCC2)C1. The number of hydrogen-bond acceptors (Lipinski definition) is 4. The average Bonchev–Trinajstić information content (AvgIpc) is 3.16. The lowest BCUT2D eigenvalue weighted by Crippen LogP contribution is -2.63. The second-order valence-corrected chi connectivity index (χ2v) is 8.92. The van der Waals surface area contributed by atoms with E-state index >= 15 is 0 Å². The molecular formula is C21H26F6N2O3. The van der Waals surface area contributed by atoms with Crippen molar-refractivity contribution in [2.45, 2.75) is 63.4 Å². The summed E-state index contributed by atoms with van der Waals surface area (Å²) in [7, 11) is 0. The molecular weight excluding hydrogens is 442 g/mol. The van der Waals surface area contributed by atoms with Crippen LogP contribution in [0.4, 0.5) is 26.3 Å². The Morgan fingerprint density at radius 3 is 2.38 bits per heavy atom. The van der Waals surface area contributed by atoms with Crippen molar-refractivity contribution in [3.05, 3.63) is 23.9 Å². The van der Waals surface area contributed by atoms with Crippen molar-refractivity contribution in [1.82, 2.24) is 9.88 Å². The van der Waals surface area contributed by atoms with Gasteiger partial charge in [0.05, 0.1) is 12.0 Å². The van der Waals surface area contributed by atoms with Gasteiger partial charge in [-0.05, 0) is 25.3 Å². The van der Waals surface area contributed by atoms with E-state index < -0.39 is 47.2 Å². The minimum Gasteiger partial charge on any atom is -0.475 e. The molecule has 2 aliphatic rings. The molecule has 3 rings (SSSR count). The molecule has 5 nitrogen and oxygen atoms in total. The van der Waals surface area contributed by atoms with Crippen LogP contribution in [0, 0.1) is 11.3 Å². The van der Waals surface area contributed by atoms with Gasteiger partial charge < -0.3 is 14.7 Å². The van der Waals surface area contributed by atoms with Crippen molar-refractivity contribution in [1.29, 1.82) is 0 Å². The van der Waals surface area contributed by atoms with Crippen LogP contribution in [0.3, 0.4) is 0 Å². The Hall–Kier alpha value is -2.04. The third-order valence-electron chi connectivity index (χ3n) is 6.63. The van der Waals surface area contributed by atoms with E-state index in [4.69, 9.17) is 4.74 Å². The van der Waals surface area contributed by atoms with E-state index in [1.807, 2.05) is 0 Å². The van der Waals surface area contributed by atoms with Gasteiger partial charge in [0.2, 0.25) is 11.8 Å². The van der Waals surface area contributed by atoms with Gasteiger partial charge in [-0.3, -0.25) is 4.79 Å². The summed E-state index contributed by atoms with van der Waals surface area (Å²) >= 11 is 0. The van der Waals surface area contributed by atoms with E-state index in [0.29, 0.717) is 19.0 Å². The Bertz CT molecular complexity index is 805. The Morgan fingerprint density at radius 1 is 1.19 bits per heavy atom. The van der Waals surface area contributed by atoms with Crippen LogP contribution in [-0.2, 0) is 11.0 Å². The summed E-state index contributed by atoms with van der Waals surface area (Å²) in [6.07, 6.45) is -6.70.